The third-order valence-corrected chi connectivity index (χ3v) is 8.87. The molecule has 6 nitrogen and oxygen atoms in total. The summed E-state index contributed by atoms with van der Waals surface area (Å²) in [7, 11) is -2.61. The Kier molecular flexibility index (Phi) is 6.97. The van der Waals surface area contributed by atoms with Gasteiger partial charge in [-0.15, -0.1) is 4.72 Å². The van der Waals surface area contributed by atoms with E-state index in [-0.39, 0.29) is 10.6 Å². The number of hydrogen-bond donors (Lipinski definition) is 1. The molecule has 0 fully saturated rings. The molecule has 9 heteroatoms. The lowest BCUT2D eigenvalue weighted by atomic mass is 10.0. The molecule has 2 atom stereocenters. The van der Waals surface area contributed by atoms with Crippen molar-refractivity contribution in [2.24, 2.45) is 0 Å². The molecule has 1 unspecified atom stereocenters. The largest absolute Gasteiger partial charge is 0.598 e. The van der Waals surface area contributed by atoms with Crippen LogP contribution in [-0.2, 0) is 21.4 Å². The van der Waals surface area contributed by atoms with Crippen LogP contribution >= 0.6 is 0 Å². The summed E-state index contributed by atoms with van der Waals surface area (Å²) in [4.78, 5) is 0.101. The Morgan fingerprint density at radius 3 is 2.31 bits per heavy atom. The van der Waals surface area contributed by atoms with Crippen molar-refractivity contribution in [3.05, 3.63) is 95.9 Å². The highest BCUT2D eigenvalue weighted by Crippen LogP contribution is 2.37. The van der Waals surface area contributed by atoms with Gasteiger partial charge in [0.15, 0.2) is 0 Å². The lowest BCUT2D eigenvalue weighted by Gasteiger charge is -2.29. The summed E-state index contributed by atoms with van der Waals surface area (Å²) in [6, 6.07) is 19.9. The number of rotatable bonds is 7. The number of nitrogens with zero attached hydrogens (tertiary/aromatic N) is 1. The van der Waals surface area contributed by atoms with Gasteiger partial charge in [0.05, 0.1) is 23.2 Å². The van der Waals surface area contributed by atoms with Crippen molar-refractivity contribution in [3.8, 4) is 5.75 Å². The average Bonchev–Trinajstić information content (AvgIpc) is 3.22. The molecule has 184 valence electrons. The van der Waals surface area contributed by atoms with Gasteiger partial charge in [0.2, 0.25) is 0 Å². The molecule has 0 spiro atoms. The van der Waals surface area contributed by atoms with Crippen molar-refractivity contribution in [2.45, 2.75) is 36.5 Å². The SMILES string of the molecule is COc1ccc(F)cc1[C@@H](N[S+]([O-])C(C)(C)C)c1cc2ccccc2n1S(=O)(=O)c1ccccc1. The molecule has 3 aromatic carbocycles. The second-order valence-electron chi connectivity index (χ2n) is 9.03. The lowest BCUT2D eigenvalue weighted by Crippen LogP contribution is -2.42. The first-order valence-electron chi connectivity index (χ1n) is 11.0. The van der Waals surface area contributed by atoms with Crippen molar-refractivity contribution in [3.63, 3.8) is 0 Å². The fourth-order valence-corrected chi connectivity index (χ4v) is 6.20. The predicted octanol–water partition coefficient (Wildman–Crippen LogP) is 5.17. The Hall–Kier alpha value is -2.85. The molecule has 0 saturated heterocycles. The minimum absolute atomic E-state index is 0.101. The van der Waals surface area contributed by atoms with Gasteiger partial charge in [-0.25, -0.2) is 16.8 Å². The molecule has 0 saturated carbocycles. The molecule has 0 bridgehead atoms. The molecule has 0 aliphatic rings. The molecule has 4 rings (SSSR count). The number of benzene rings is 3. The fraction of sp³-hybridized carbons (Fsp3) is 0.231. The molecule has 1 heterocycles. The summed E-state index contributed by atoms with van der Waals surface area (Å²) in [5.74, 6) is -0.188. The third-order valence-electron chi connectivity index (χ3n) is 5.55. The fourth-order valence-electron chi connectivity index (χ4n) is 3.82. The molecule has 1 aromatic heterocycles. The van der Waals surface area contributed by atoms with Gasteiger partial charge in [-0.1, -0.05) is 36.4 Å². The van der Waals surface area contributed by atoms with E-state index in [0.29, 0.717) is 22.2 Å². The minimum Gasteiger partial charge on any atom is -0.598 e. The van der Waals surface area contributed by atoms with Crippen LogP contribution in [-0.4, -0.2) is 28.8 Å². The predicted molar refractivity (Wildman–Crippen MR) is 137 cm³/mol. The molecular weight excluding hydrogens is 487 g/mol. The molecule has 35 heavy (non-hydrogen) atoms. The van der Waals surface area contributed by atoms with Gasteiger partial charge in [0, 0.05) is 22.3 Å². The maximum absolute atomic E-state index is 14.5. The van der Waals surface area contributed by atoms with Crippen LogP contribution in [0.1, 0.15) is 38.1 Å². The molecule has 1 N–H and O–H groups in total. The van der Waals surface area contributed by atoms with Gasteiger partial charge >= 0.3 is 0 Å². The first-order valence-corrected chi connectivity index (χ1v) is 13.6. The van der Waals surface area contributed by atoms with Crippen LogP contribution in [0.3, 0.4) is 0 Å². The summed E-state index contributed by atoms with van der Waals surface area (Å²) in [6.45, 7) is 5.39. The van der Waals surface area contributed by atoms with Crippen LogP contribution in [0.4, 0.5) is 4.39 Å². The molecule has 0 aliphatic carbocycles. The van der Waals surface area contributed by atoms with Crippen LogP contribution in [0, 0.1) is 5.82 Å². The van der Waals surface area contributed by atoms with Crippen LogP contribution in [0.15, 0.2) is 83.8 Å². The Bertz CT molecular complexity index is 1450. The second kappa shape index (κ2) is 9.66. The van der Waals surface area contributed by atoms with Crippen molar-refractivity contribution in [1.82, 2.24) is 8.69 Å². The van der Waals surface area contributed by atoms with E-state index < -0.39 is 38.0 Å². The van der Waals surface area contributed by atoms with Crippen molar-refractivity contribution < 1.29 is 22.1 Å². The molecule has 0 radical (unpaired) electrons. The maximum Gasteiger partial charge on any atom is 0.268 e. The first kappa shape index (κ1) is 25.2. The highest BCUT2D eigenvalue weighted by molar-refractivity contribution is 7.91. The van der Waals surface area contributed by atoms with E-state index in [1.807, 2.05) is 6.07 Å². The summed E-state index contributed by atoms with van der Waals surface area (Å²) in [5, 5.41) is 0.672. The number of methoxy groups -OCH3 is 1. The Labute approximate surface area is 208 Å². The minimum atomic E-state index is -4.06. The number of nitrogens with one attached hydrogen (secondary N) is 1. The van der Waals surface area contributed by atoms with Crippen LogP contribution in [0.2, 0.25) is 0 Å². The molecular formula is C26H27FN2O4S2. The second-order valence-corrected chi connectivity index (χ2v) is 12.8. The number of aromatic nitrogens is 1. The van der Waals surface area contributed by atoms with E-state index in [1.165, 1.54) is 41.4 Å². The van der Waals surface area contributed by atoms with Crippen LogP contribution in [0.25, 0.3) is 10.9 Å². The van der Waals surface area contributed by atoms with Gasteiger partial charge in [0.1, 0.15) is 22.4 Å². The zero-order valence-corrected chi connectivity index (χ0v) is 21.5. The van der Waals surface area contributed by atoms with E-state index in [9.17, 15) is 17.4 Å². The number of para-hydroxylation sites is 1. The van der Waals surface area contributed by atoms with Crippen molar-refractivity contribution >= 4 is 32.3 Å². The molecule has 0 amide bonds. The zero-order chi connectivity index (χ0) is 25.4. The Morgan fingerprint density at radius 1 is 1.00 bits per heavy atom. The smallest absolute Gasteiger partial charge is 0.268 e. The zero-order valence-electron chi connectivity index (χ0n) is 19.9. The van der Waals surface area contributed by atoms with E-state index in [0.717, 1.165) is 0 Å². The highest BCUT2D eigenvalue weighted by Gasteiger charge is 2.36. The summed E-state index contributed by atoms with van der Waals surface area (Å²) >= 11 is -1.62. The number of hydrogen-bond acceptors (Lipinski definition) is 5. The summed E-state index contributed by atoms with van der Waals surface area (Å²) < 4.78 is 64.7. The average molecular weight is 515 g/mol. The van der Waals surface area contributed by atoms with E-state index in [2.05, 4.69) is 4.72 Å². The van der Waals surface area contributed by atoms with E-state index in [1.54, 1.807) is 63.2 Å². The summed E-state index contributed by atoms with van der Waals surface area (Å²) in [6.07, 6.45) is 0. The highest BCUT2D eigenvalue weighted by atomic mass is 32.2. The van der Waals surface area contributed by atoms with Gasteiger partial charge < -0.3 is 9.29 Å². The standard InChI is InChI=1S/C26H27FN2O4S2/c1-26(2,3)34(30)28-25(21-17-19(27)14-15-24(21)33-4)23-16-18-10-8-9-13-22(18)29(23)35(31,32)20-11-6-5-7-12-20/h5-17,25,28H,1-4H3/t25-,34?/m1/s1. The van der Waals surface area contributed by atoms with Gasteiger partial charge in [-0.2, -0.15) is 0 Å². The maximum atomic E-state index is 14.5. The van der Waals surface area contributed by atoms with Gasteiger partial charge in [-0.05, 0) is 63.2 Å². The number of ether oxygens (including phenoxy) is 1. The molecule has 0 aliphatic heterocycles. The van der Waals surface area contributed by atoms with Crippen molar-refractivity contribution in [1.29, 1.82) is 0 Å². The lowest BCUT2D eigenvalue weighted by molar-refractivity contribution is 0.404. The monoisotopic (exact) mass is 514 g/mol. The number of fused-ring (bicyclic) bond motifs is 1. The Balaban J connectivity index is 2.04. The summed E-state index contributed by atoms with van der Waals surface area (Å²) in [5.41, 5.74) is 1.07. The Morgan fingerprint density at radius 2 is 1.66 bits per heavy atom. The normalized spacial score (nSPS) is 14.1. The van der Waals surface area contributed by atoms with Crippen LogP contribution < -0.4 is 9.46 Å². The molecule has 4 aromatic rings. The van der Waals surface area contributed by atoms with Crippen LogP contribution in [0.5, 0.6) is 5.75 Å². The van der Waals surface area contributed by atoms with Gasteiger partial charge in [0.25, 0.3) is 10.0 Å². The van der Waals surface area contributed by atoms with Gasteiger partial charge in [-0.3, -0.25) is 0 Å². The van der Waals surface area contributed by atoms with E-state index >= 15 is 0 Å². The third kappa shape index (κ3) is 4.95. The quantitative estimate of drug-likeness (QED) is 0.344. The topological polar surface area (TPSA) is 83.4 Å². The first-order chi connectivity index (χ1) is 16.5. The van der Waals surface area contributed by atoms with Crippen molar-refractivity contribution in [2.75, 3.05) is 7.11 Å². The number of halogens is 1. The van der Waals surface area contributed by atoms with E-state index in [4.69, 9.17) is 4.74 Å².